The van der Waals surface area contributed by atoms with Gasteiger partial charge in [0.15, 0.2) is 0 Å². The van der Waals surface area contributed by atoms with Gasteiger partial charge < -0.3 is 19.7 Å². The summed E-state index contributed by atoms with van der Waals surface area (Å²) in [5.41, 5.74) is 1.61. The predicted octanol–water partition coefficient (Wildman–Crippen LogP) is 2.10. The number of amides is 1. The molecule has 5 nitrogen and oxygen atoms in total. The van der Waals surface area contributed by atoms with Gasteiger partial charge >= 0.3 is 0 Å². The van der Waals surface area contributed by atoms with Crippen molar-refractivity contribution >= 4 is 24.4 Å². The minimum atomic E-state index is 0. The summed E-state index contributed by atoms with van der Waals surface area (Å²) in [6, 6.07) is 6.16. The summed E-state index contributed by atoms with van der Waals surface area (Å²) in [6.45, 7) is 1.93. The van der Waals surface area contributed by atoms with Gasteiger partial charge in [-0.1, -0.05) is 0 Å². The normalized spacial score (nSPS) is 17.5. The third-order valence-electron chi connectivity index (χ3n) is 4.39. The van der Waals surface area contributed by atoms with Crippen LogP contribution in [0.3, 0.4) is 0 Å². The second-order valence-electron chi connectivity index (χ2n) is 5.72. The van der Waals surface area contributed by atoms with Crippen molar-refractivity contribution in [3.63, 3.8) is 0 Å². The molecule has 0 atom stereocenters. The maximum absolute atomic E-state index is 12.6. The highest BCUT2D eigenvalue weighted by molar-refractivity contribution is 5.99. The van der Waals surface area contributed by atoms with Crippen molar-refractivity contribution in [2.75, 3.05) is 33.9 Å². The van der Waals surface area contributed by atoms with Crippen molar-refractivity contribution in [3.8, 4) is 11.5 Å². The fraction of sp³-hybridized carbons (Fsp3) is 0.471. The van der Waals surface area contributed by atoms with Gasteiger partial charge in [-0.15, -0.1) is 12.4 Å². The number of ether oxygens (including phenoxy) is 2. The van der Waals surface area contributed by atoms with Crippen molar-refractivity contribution in [3.05, 3.63) is 29.3 Å². The molecule has 1 amide bonds. The molecule has 0 radical (unpaired) electrons. The Hall–Kier alpha value is -1.72. The molecule has 0 saturated carbocycles. The van der Waals surface area contributed by atoms with E-state index in [0.29, 0.717) is 18.2 Å². The van der Waals surface area contributed by atoms with E-state index in [9.17, 15) is 4.79 Å². The van der Waals surface area contributed by atoms with Crippen molar-refractivity contribution < 1.29 is 14.3 Å². The molecular formula is C17H23ClN2O3. The quantitative estimate of drug-likeness (QED) is 0.917. The number of halogens is 1. The van der Waals surface area contributed by atoms with Gasteiger partial charge in [-0.3, -0.25) is 4.79 Å². The fourth-order valence-corrected chi connectivity index (χ4v) is 2.98. The zero-order chi connectivity index (χ0) is 15.5. The zero-order valence-electron chi connectivity index (χ0n) is 13.5. The van der Waals surface area contributed by atoms with Gasteiger partial charge in [0.1, 0.15) is 18.1 Å². The van der Waals surface area contributed by atoms with Crippen molar-refractivity contribution in [2.24, 2.45) is 0 Å². The summed E-state index contributed by atoms with van der Waals surface area (Å²) in [4.78, 5) is 14.6. The van der Waals surface area contributed by atoms with Crippen molar-refractivity contribution in [1.29, 1.82) is 0 Å². The van der Waals surface area contributed by atoms with Crippen LogP contribution in [0.1, 0.15) is 18.4 Å². The minimum absolute atomic E-state index is 0. The third-order valence-corrected chi connectivity index (χ3v) is 4.39. The fourth-order valence-electron chi connectivity index (χ4n) is 2.98. The van der Waals surface area contributed by atoms with Crippen LogP contribution in [0, 0.1) is 0 Å². The van der Waals surface area contributed by atoms with E-state index in [1.165, 1.54) is 0 Å². The maximum Gasteiger partial charge on any atom is 0.253 e. The molecule has 0 unspecified atom stereocenters. The first-order valence-electron chi connectivity index (χ1n) is 7.69. The van der Waals surface area contributed by atoms with Crippen LogP contribution in [-0.4, -0.2) is 50.7 Å². The van der Waals surface area contributed by atoms with Gasteiger partial charge in [0, 0.05) is 24.7 Å². The molecule has 0 spiro atoms. The van der Waals surface area contributed by atoms with Gasteiger partial charge in [0.05, 0.1) is 12.7 Å². The molecule has 2 aliphatic rings. The molecule has 0 aliphatic carbocycles. The Labute approximate surface area is 143 Å². The smallest absolute Gasteiger partial charge is 0.253 e. The molecule has 23 heavy (non-hydrogen) atoms. The van der Waals surface area contributed by atoms with E-state index in [4.69, 9.17) is 9.47 Å². The van der Waals surface area contributed by atoms with E-state index in [1.807, 2.05) is 36.2 Å². The summed E-state index contributed by atoms with van der Waals surface area (Å²) < 4.78 is 10.9. The monoisotopic (exact) mass is 338 g/mol. The highest BCUT2D eigenvalue weighted by Gasteiger charge is 2.26. The van der Waals surface area contributed by atoms with Gasteiger partial charge in [0.2, 0.25) is 0 Å². The predicted molar refractivity (Wildman–Crippen MR) is 92.4 cm³/mol. The number of nitrogens with one attached hydrogen (secondary N) is 1. The number of methoxy groups -OCH3 is 1. The number of piperidine rings is 1. The van der Waals surface area contributed by atoms with Gasteiger partial charge in [-0.2, -0.15) is 0 Å². The van der Waals surface area contributed by atoms with E-state index in [1.54, 1.807) is 7.11 Å². The van der Waals surface area contributed by atoms with Gasteiger partial charge in [-0.05, 0) is 44.2 Å². The number of fused-ring (bicyclic) bond motifs is 1. The number of likely N-dealkylation sites (tertiary alicyclic amines) is 1. The number of hydrogen-bond donors (Lipinski definition) is 1. The highest BCUT2D eigenvalue weighted by Crippen LogP contribution is 2.30. The Morgan fingerprint density at radius 3 is 2.74 bits per heavy atom. The van der Waals surface area contributed by atoms with Gasteiger partial charge in [-0.25, -0.2) is 0 Å². The average molecular weight is 339 g/mol. The van der Waals surface area contributed by atoms with Crippen LogP contribution in [0.25, 0.3) is 6.08 Å². The van der Waals surface area contributed by atoms with Crippen LogP contribution < -0.4 is 14.8 Å². The average Bonchev–Trinajstić information content (AvgIpc) is 2.60. The molecular weight excluding hydrogens is 316 g/mol. The molecule has 2 aliphatic heterocycles. The Bertz CT molecular complexity index is 596. The Morgan fingerprint density at radius 2 is 2.09 bits per heavy atom. The molecule has 2 heterocycles. The molecule has 1 aromatic rings. The topological polar surface area (TPSA) is 50.8 Å². The third kappa shape index (κ3) is 3.79. The Morgan fingerprint density at radius 1 is 1.35 bits per heavy atom. The van der Waals surface area contributed by atoms with E-state index < -0.39 is 0 Å². The second kappa shape index (κ2) is 7.70. The molecule has 0 aromatic heterocycles. The first-order valence-corrected chi connectivity index (χ1v) is 7.69. The Balaban J connectivity index is 0.00000192. The zero-order valence-corrected chi connectivity index (χ0v) is 14.3. The number of carbonyl (C=O) groups excluding carboxylic acids is 1. The summed E-state index contributed by atoms with van der Waals surface area (Å²) in [7, 11) is 3.61. The largest absolute Gasteiger partial charge is 0.497 e. The first kappa shape index (κ1) is 17.6. The maximum atomic E-state index is 12.6. The highest BCUT2D eigenvalue weighted by atomic mass is 35.5. The molecule has 126 valence electrons. The van der Waals surface area contributed by atoms with Crippen LogP contribution in [0.2, 0.25) is 0 Å². The molecule has 6 heteroatoms. The summed E-state index contributed by atoms with van der Waals surface area (Å²) in [6.07, 6.45) is 3.93. The molecule has 1 aromatic carbocycles. The number of benzene rings is 1. The van der Waals surface area contributed by atoms with Crippen LogP contribution >= 0.6 is 12.4 Å². The lowest BCUT2D eigenvalue weighted by molar-refractivity contribution is -0.128. The number of hydrogen-bond acceptors (Lipinski definition) is 4. The standard InChI is InChI=1S/C17H22N2O3.ClH/c1-18-14-5-7-19(8-6-14)17(20)13-9-12-10-15(21-2)3-4-16(12)22-11-13;/h3-4,9-10,14,18H,5-8,11H2,1-2H3;1H. The SMILES string of the molecule is CNC1CCN(C(=O)C2=Cc3cc(OC)ccc3OC2)CC1.Cl. The van der Waals surface area contributed by atoms with E-state index >= 15 is 0 Å². The minimum Gasteiger partial charge on any atom is -0.497 e. The number of rotatable bonds is 3. The summed E-state index contributed by atoms with van der Waals surface area (Å²) in [5, 5.41) is 3.28. The van der Waals surface area contributed by atoms with Crippen LogP contribution in [-0.2, 0) is 4.79 Å². The molecule has 1 fully saturated rings. The van der Waals surface area contributed by atoms with Crippen molar-refractivity contribution in [2.45, 2.75) is 18.9 Å². The number of carbonyl (C=O) groups is 1. The summed E-state index contributed by atoms with van der Waals surface area (Å²) in [5.74, 6) is 1.65. The van der Waals surface area contributed by atoms with E-state index in [2.05, 4.69) is 5.32 Å². The van der Waals surface area contributed by atoms with Crippen LogP contribution in [0.5, 0.6) is 11.5 Å². The second-order valence-corrected chi connectivity index (χ2v) is 5.72. The van der Waals surface area contributed by atoms with E-state index in [0.717, 1.165) is 43.0 Å². The lowest BCUT2D eigenvalue weighted by Gasteiger charge is -2.33. The molecule has 0 bridgehead atoms. The van der Waals surface area contributed by atoms with Gasteiger partial charge in [0.25, 0.3) is 5.91 Å². The van der Waals surface area contributed by atoms with Crippen LogP contribution in [0.4, 0.5) is 0 Å². The number of nitrogens with zero attached hydrogens (tertiary/aromatic N) is 1. The lowest BCUT2D eigenvalue weighted by Crippen LogP contribution is -2.45. The van der Waals surface area contributed by atoms with Crippen molar-refractivity contribution in [1.82, 2.24) is 10.2 Å². The lowest BCUT2D eigenvalue weighted by atomic mass is 10.0. The molecule has 1 N–H and O–H groups in total. The Kier molecular flexibility index (Phi) is 5.91. The van der Waals surface area contributed by atoms with Crippen LogP contribution in [0.15, 0.2) is 23.8 Å². The summed E-state index contributed by atoms with van der Waals surface area (Å²) >= 11 is 0. The first-order chi connectivity index (χ1) is 10.7. The van der Waals surface area contributed by atoms with E-state index in [-0.39, 0.29) is 18.3 Å². The molecule has 1 saturated heterocycles. The molecule has 3 rings (SSSR count).